The highest BCUT2D eigenvalue weighted by Crippen LogP contribution is 1.96. The number of nitrogens with zero attached hydrogens (tertiary/aromatic N) is 4. The zero-order valence-electron chi connectivity index (χ0n) is 19.7. The molecule has 0 aliphatic heterocycles. The summed E-state index contributed by atoms with van der Waals surface area (Å²) in [7, 11) is 7.59. The topological polar surface area (TPSA) is 115 Å². The first-order valence-corrected chi connectivity index (χ1v) is 13.0. The van der Waals surface area contributed by atoms with Crippen LogP contribution >= 0.6 is 45.3 Å². The van der Waals surface area contributed by atoms with Crippen LogP contribution in [0.25, 0.3) is 0 Å². The Morgan fingerprint density at radius 3 is 0.625 bits per heavy atom. The van der Waals surface area contributed by atoms with E-state index in [4.69, 9.17) is 21.6 Å². The lowest BCUT2D eigenvalue weighted by molar-refractivity contribution is 0.821. The molecule has 4 N–H and O–H groups in total. The Bertz CT molecular complexity index is 1140. The molecule has 0 spiro atoms. The van der Waals surface area contributed by atoms with E-state index >= 15 is 0 Å². The summed E-state index contributed by atoms with van der Waals surface area (Å²) in [6, 6.07) is 0. The van der Waals surface area contributed by atoms with Crippen molar-refractivity contribution in [3.63, 3.8) is 0 Å². The number of hydrogen-bond donors (Lipinski definition) is 4. The van der Waals surface area contributed by atoms with Crippen LogP contribution in [0.2, 0.25) is 0 Å². The quantitative estimate of drug-likeness (QED) is 0.276. The highest BCUT2D eigenvalue weighted by atomic mass is 32.1. The first kappa shape index (κ1) is 27.8. The number of aromatic nitrogens is 4. The fraction of sp³-hybridized carbons (Fsp3) is 0.400. The van der Waals surface area contributed by atoms with Crippen LogP contribution in [0.5, 0.6) is 0 Å². The van der Waals surface area contributed by atoms with E-state index in [9.17, 15) is 0 Å². The van der Waals surface area contributed by atoms with Gasteiger partial charge in [-0.25, -0.2) is 0 Å². The van der Waals surface area contributed by atoms with E-state index < -0.39 is 0 Å². The molecule has 0 fully saturated rings. The van der Waals surface area contributed by atoms with Gasteiger partial charge in [0.05, 0.1) is 0 Å². The minimum absolute atomic E-state index is 0.613. The van der Waals surface area contributed by atoms with Crippen molar-refractivity contribution < 1.29 is 0 Å². The largest absolute Gasteiger partial charge is 0.325 e. The van der Waals surface area contributed by atoms with Gasteiger partial charge >= 0.3 is 0 Å². The van der Waals surface area contributed by atoms with E-state index in [1.54, 1.807) is 0 Å². The third-order valence-electron chi connectivity index (χ3n) is 4.70. The van der Waals surface area contributed by atoms with E-state index in [0.29, 0.717) is 19.2 Å². The molecule has 0 saturated heterocycles. The van der Waals surface area contributed by atoms with Crippen LogP contribution in [0.3, 0.4) is 0 Å². The molecule has 0 saturated carbocycles. The second kappa shape index (κ2) is 12.7. The summed E-state index contributed by atoms with van der Waals surface area (Å²) in [5.74, 6) is 0. The molecule has 8 nitrogen and oxygen atoms in total. The monoisotopic (exact) mass is 512 g/mol. The first-order chi connectivity index (χ1) is 14.9. The maximum atomic E-state index is 7.22. The summed E-state index contributed by atoms with van der Waals surface area (Å²) in [6.07, 6.45) is 0. The smallest absolute Gasteiger partial charge is 0.181 e. The summed E-state index contributed by atoms with van der Waals surface area (Å²) in [6.45, 7) is 7.98. The highest BCUT2D eigenvalue weighted by Gasteiger charge is 1.91. The fourth-order valence-corrected chi connectivity index (χ4v) is 4.81. The molecule has 0 atom stereocenters. The molecule has 4 heterocycles. The Morgan fingerprint density at radius 1 is 0.438 bits per heavy atom. The third kappa shape index (κ3) is 8.01. The number of aryl methyl sites for hydroxylation is 4. The summed E-state index contributed by atoms with van der Waals surface area (Å²) >= 11 is 5.84. The molecule has 0 radical (unpaired) electrons. The van der Waals surface area contributed by atoms with E-state index in [-0.39, 0.29) is 0 Å². The lowest BCUT2D eigenvalue weighted by atomic mass is 10.6. The molecule has 4 aromatic heterocycles. The third-order valence-corrected chi connectivity index (χ3v) is 8.52. The van der Waals surface area contributed by atoms with Crippen molar-refractivity contribution in [2.45, 2.75) is 27.7 Å². The van der Waals surface area contributed by atoms with E-state index in [1.807, 2.05) is 95.7 Å². The molecule has 0 aliphatic carbocycles. The molecule has 4 aromatic rings. The average molecular weight is 513 g/mol. The summed E-state index contributed by atoms with van der Waals surface area (Å²) in [5, 5.41) is 36.8. The molecule has 0 aromatic carbocycles. The van der Waals surface area contributed by atoms with Crippen molar-refractivity contribution in [1.29, 1.82) is 21.6 Å². The van der Waals surface area contributed by atoms with Gasteiger partial charge in [0.1, 0.15) is 0 Å². The van der Waals surface area contributed by atoms with Gasteiger partial charge in [-0.3, -0.25) is 21.6 Å². The van der Waals surface area contributed by atoms with Crippen molar-refractivity contribution in [3.8, 4) is 0 Å². The molecule has 32 heavy (non-hydrogen) atoms. The Balaban J connectivity index is 0.000000213. The molecule has 0 bridgehead atoms. The highest BCUT2D eigenvalue weighted by molar-refractivity contribution is 7.07. The number of hydrogen-bond acceptors (Lipinski definition) is 8. The van der Waals surface area contributed by atoms with Crippen molar-refractivity contribution in [1.82, 2.24) is 18.3 Å². The maximum Gasteiger partial charge on any atom is 0.181 e. The van der Waals surface area contributed by atoms with Crippen LogP contribution < -0.4 is 19.2 Å². The normalized spacial score (nSPS) is 9.75. The zero-order valence-corrected chi connectivity index (χ0v) is 23.0. The van der Waals surface area contributed by atoms with Crippen LogP contribution in [-0.4, -0.2) is 18.3 Å². The van der Waals surface area contributed by atoms with E-state index in [0.717, 1.165) is 22.8 Å². The summed E-state index contributed by atoms with van der Waals surface area (Å²) in [5.41, 5.74) is 4.61. The van der Waals surface area contributed by atoms with Crippen LogP contribution in [0, 0.1) is 49.3 Å². The lowest BCUT2D eigenvalue weighted by Gasteiger charge is -1.89. The van der Waals surface area contributed by atoms with E-state index in [2.05, 4.69) is 0 Å². The second-order valence-corrected chi connectivity index (χ2v) is 10.4. The molecule has 4 rings (SSSR count). The van der Waals surface area contributed by atoms with Gasteiger partial charge in [0.2, 0.25) is 0 Å². The molecule has 176 valence electrons. The fourth-order valence-electron chi connectivity index (χ4n) is 1.84. The standard InChI is InChI=1S/4C5H8N2S/c4*1-4-3-8-5(6)7(4)2/h4*3,6H,1-2H3. The lowest BCUT2D eigenvalue weighted by Crippen LogP contribution is -2.08. The summed E-state index contributed by atoms with van der Waals surface area (Å²) in [4.78, 5) is 2.45. The van der Waals surface area contributed by atoms with Crippen LogP contribution in [0.1, 0.15) is 22.8 Å². The van der Waals surface area contributed by atoms with Gasteiger partial charge in [0.25, 0.3) is 0 Å². The Hall–Kier alpha value is -2.28. The average Bonchev–Trinajstić information content (AvgIpc) is 3.44. The van der Waals surface area contributed by atoms with Gasteiger partial charge in [-0.05, 0) is 27.7 Å². The van der Waals surface area contributed by atoms with Crippen molar-refractivity contribution in [2.24, 2.45) is 28.2 Å². The number of rotatable bonds is 0. The second-order valence-electron chi connectivity index (χ2n) is 6.97. The number of thiazole rings is 4. The van der Waals surface area contributed by atoms with Gasteiger partial charge in [0, 0.05) is 72.5 Å². The molecule has 0 aliphatic rings. The zero-order chi connectivity index (χ0) is 24.6. The predicted octanol–water partition coefficient (Wildman–Crippen LogP) is 3.50. The van der Waals surface area contributed by atoms with Crippen molar-refractivity contribution in [2.75, 3.05) is 0 Å². The van der Waals surface area contributed by atoms with Crippen LogP contribution in [0.4, 0.5) is 0 Å². The Labute approximate surface area is 204 Å². The molecule has 0 unspecified atom stereocenters. The molecular formula is C20H32N8S4. The minimum atomic E-state index is 0.613. The molecule has 0 amide bonds. The predicted molar refractivity (Wildman–Crippen MR) is 136 cm³/mol. The van der Waals surface area contributed by atoms with Crippen molar-refractivity contribution in [3.05, 3.63) is 63.5 Å². The molecular weight excluding hydrogens is 481 g/mol. The SMILES string of the molecule is Cc1csc(=N)n1C.Cc1csc(=N)n1C.Cc1csc(=N)n1C.Cc1csc(=N)n1C. The van der Waals surface area contributed by atoms with E-state index in [1.165, 1.54) is 45.3 Å². The van der Waals surface area contributed by atoms with Gasteiger partial charge in [-0.1, -0.05) is 0 Å². The van der Waals surface area contributed by atoms with Gasteiger partial charge in [-0.15, -0.1) is 45.3 Å². The maximum absolute atomic E-state index is 7.22. The summed E-state index contributed by atoms with van der Waals surface area (Å²) < 4.78 is 7.41. The van der Waals surface area contributed by atoms with Gasteiger partial charge < -0.3 is 18.3 Å². The Kier molecular flexibility index (Phi) is 11.0. The minimum Gasteiger partial charge on any atom is -0.325 e. The van der Waals surface area contributed by atoms with Gasteiger partial charge in [-0.2, -0.15) is 0 Å². The first-order valence-electron chi connectivity index (χ1n) is 9.49. The Morgan fingerprint density at radius 2 is 0.594 bits per heavy atom. The van der Waals surface area contributed by atoms with Crippen LogP contribution in [0.15, 0.2) is 21.5 Å². The number of nitrogens with one attached hydrogen (secondary N) is 4. The van der Waals surface area contributed by atoms with Crippen LogP contribution in [-0.2, 0) is 28.2 Å². The van der Waals surface area contributed by atoms with Gasteiger partial charge in [0.15, 0.2) is 19.2 Å². The molecule has 12 heteroatoms. The van der Waals surface area contributed by atoms with Crippen molar-refractivity contribution >= 4 is 45.3 Å².